The zero-order chi connectivity index (χ0) is 7.84. The van der Waals surface area contributed by atoms with Crippen LogP contribution >= 0.6 is 22.6 Å². The third-order valence-corrected chi connectivity index (χ3v) is 2.15. The molecule has 56 valence electrons. The van der Waals surface area contributed by atoms with E-state index in [-0.39, 0.29) is 0 Å². The van der Waals surface area contributed by atoms with Crippen LogP contribution in [0.1, 0.15) is 0 Å². The van der Waals surface area contributed by atoms with Gasteiger partial charge in [0.2, 0.25) is 0 Å². The fraction of sp³-hybridized carbons (Fsp3) is 0. The molecule has 2 aromatic rings. The maximum absolute atomic E-state index is 9.12. The first-order valence-corrected chi connectivity index (χ1v) is 4.31. The summed E-state index contributed by atoms with van der Waals surface area (Å²) in [6, 6.07) is 7.28. The van der Waals surface area contributed by atoms with E-state index in [1.807, 2.05) is 12.1 Å². The Hall–Kier alpha value is -0.710. The number of aromatic nitrogens is 1. The lowest BCUT2D eigenvalue weighted by Crippen LogP contribution is -1.66. The van der Waals surface area contributed by atoms with Crippen LogP contribution < -0.4 is 0 Å². The third-order valence-electron chi connectivity index (χ3n) is 1.57. The Morgan fingerprint density at radius 3 is 2.91 bits per heavy atom. The maximum Gasteiger partial charge on any atom is 0.116 e. The summed E-state index contributed by atoms with van der Waals surface area (Å²) in [6.07, 6.45) is 0. The average Bonchev–Trinajstić information content (AvgIpc) is 2.27. The van der Waals surface area contributed by atoms with E-state index in [0.29, 0.717) is 5.75 Å². The first kappa shape index (κ1) is 6.97. The molecule has 0 aliphatic heterocycles. The van der Waals surface area contributed by atoms with E-state index in [2.05, 4.69) is 27.6 Å². The third kappa shape index (κ3) is 1.20. The molecule has 0 aliphatic rings. The average molecular weight is 259 g/mol. The predicted molar refractivity (Wildman–Crippen MR) is 52.7 cm³/mol. The number of aromatic amines is 1. The van der Waals surface area contributed by atoms with Crippen LogP contribution in [-0.4, -0.2) is 10.1 Å². The van der Waals surface area contributed by atoms with E-state index in [4.69, 9.17) is 5.11 Å². The first-order chi connectivity index (χ1) is 5.25. The highest BCUT2D eigenvalue weighted by atomic mass is 127. The molecule has 0 saturated heterocycles. The molecule has 0 saturated carbocycles. The molecule has 3 heteroatoms. The Morgan fingerprint density at radius 1 is 1.27 bits per heavy atom. The quantitative estimate of drug-likeness (QED) is 0.700. The minimum atomic E-state index is 0.313. The normalized spacial score (nSPS) is 10.6. The van der Waals surface area contributed by atoms with E-state index in [1.54, 1.807) is 12.1 Å². The van der Waals surface area contributed by atoms with Gasteiger partial charge in [-0.25, -0.2) is 0 Å². The zero-order valence-electron chi connectivity index (χ0n) is 5.63. The molecule has 0 atom stereocenters. The van der Waals surface area contributed by atoms with Crippen molar-refractivity contribution in [2.24, 2.45) is 0 Å². The Balaban J connectivity index is 2.82. The van der Waals surface area contributed by atoms with Crippen LogP contribution in [0.25, 0.3) is 10.9 Å². The van der Waals surface area contributed by atoms with Crippen molar-refractivity contribution in [1.82, 2.24) is 4.98 Å². The summed E-state index contributed by atoms with van der Waals surface area (Å²) in [4.78, 5) is 3.16. The number of phenols is 1. The minimum Gasteiger partial charge on any atom is -0.508 e. The van der Waals surface area contributed by atoms with Gasteiger partial charge in [-0.3, -0.25) is 0 Å². The number of halogens is 1. The van der Waals surface area contributed by atoms with Gasteiger partial charge in [-0.2, -0.15) is 0 Å². The molecule has 2 rings (SSSR count). The summed E-state index contributed by atoms with van der Waals surface area (Å²) in [6.45, 7) is 0. The summed E-state index contributed by atoms with van der Waals surface area (Å²) < 4.78 is 1.09. The highest BCUT2D eigenvalue weighted by molar-refractivity contribution is 14.1. The van der Waals surface area contributed by atoms with Gasteiger partial charge in [-0.1, -0.05) is 0 Å². The molecular weight excluding hydrogens is 253 g/mol. The molecule has 0 amide bonds. The molecule has 0 spiro atoms. The maximum atomic E-state index is 9.12. The number of hydrogen-bond acceptors (Lipinski definition) is 1. The van der Waals surface area contributed by atoms with E-state index >= 15 is 0 Å². The Morgan fingerprint density at radius 2 is 2.09 bits per heavy atom. The lowest BCUT2D eigenvalue weighted by atomic mass is 10.2. The van der Waals surface area contributed by atoms with Crippen LogP contribution in [0.3, 0.4) is 0 Å². The van der Waals surface area contributed by atoms with Crippen LogP contribution in [-0.2, 0) is 0 Å². The second-order valence-corrected chi connectivity index (χ2v) is 3.55. The van der Waals surface area contributed by atoms with E-state index in [1.165, 1.54) is 0 Å². The molecule has 2 nitrogen and oxygen atoms in total. The van der Waals surface area contributed by atoms with Gasteiger partial charge in [0.15, 0.2) is 0 Å². The highest BCUT2D eigenvalue weighted by Gasteiger charge is 1.97. The molecule has 1 aromatic heterocycles. The van der Waals surface area contributed by atoms with Crippen LogP contribution in [0, 0.1) is 3.70 Å². The second kappa shape index (κ2) is 2.41. The van der Waals surface area contributed by atoms with E-state index in [0.717, 1.165) is 14.6 Å². The van der Waals surface area contributed by atoms with Gasteiger partial charge in [0, 0.05) is 10.9 Å². The van der Waals surface area contributed by atoms with Crippen molar-refractivity contribution < 1.29 is 5.11 Å². The Kier molecular flexibility index (Phi) is 1.52. The van der Waals surface area contributed by atoms with Crippen molar-refractivity contribution >= 4 is 33.5 Å². The van der Waals surface area contributed by atoms with Gasteiger partial charge in [-0.05, 0) is 46.9 Å². The smallest absolute Gasteiger partial charge is 0.116 e. The zero-order valence-corrected chi connectivity index (χ0v) is 7.79. The van der Waals surface area contributed by atoms with Crippen LogP contribution in [0.2, 0.25) is 0 Å². The predicted octanol–water partition coefficient (Wildman–Crippen LogP) is 2.48. The van der Waals surface area contributed by atoms with Crippen LogP contribution in [0.4, 0.5) is 0 Å². The molecule has 1 heterocycles. The van der Waals surface area contributed by atoms with Gasteiger partial charge in [-0.15, -0.1) is 0 Å². The lowest BCUT2D eigenvalue weighted by molar-refractivity contribution is 0.476. The van der Waals surface area contributed by atoms with Gasteiger partial charge in [0.25, 0.3) is 0 Å². The number of phenolic OH excluding ortho intramolecular Hbond substituents is 1. The Labute approximate surface area is 77.4 Å². The lowest BCUT2D eigenvalue weighted by Gasteiger charge is -1.89. The number of fused-ring (bicyclic) bond motifs is 1. The fourth-order valence-electron chi connectivity index (χ4n) is 1.08. The van der Waals surface area contributed by atoms with Gasteiger partial charge in [0.1, 0.15) is 5.75 Å². The number of nitrogens with one attached hydrogen (secondary N) is 1. The number of aromatic hydroxyl groups is 1. The molecule has 0 radical (unpaired) electrons. The standard InChI is InChI=1S/C8H6INO/c9-8-4-5-3-6(11)1-2-7(5)10-8/h1-4,10-11H. The molecule has 2 N–H and O–H groups in total. The van der Waals surface area contributed by atoms with Gasteiger partial charge in [0.05, 0.1) is 3.70 Å². The number of H-pyrrole nitrogens is 1. The molecule has 1 aromatic carbocycles. The summed E-state index contributed by atoms with van der Waals surface area (Å²) in [5, 5.41) is 10.2. The van der Waals surface area contributed by atoms with E-state index < -0.39 is 0 Å². The second-order valence-electron chi connectivity index (χ2n) is 2.39. The summed E-state index contributed by atoms with van der Waals surface area (Å²) in [5.41, 5.74) is 1.06. The van der Waals surface area contributed by atoms with Crippen molar-refractivity contribution in [3.8, 4) is 5.75 Å². The molecule has 11 heavy (non-hydrogen) atoms. The molecule has 0 unspecified atom stereocenters. The van der Waals surface area contributed by atoms with Gasteiger partial charge < -0.3 is 10.1 Å². The molecule has 0 fully saturated rings. The van der Waals surface area contributed by atoms with Crippen molar-refractivity contribution in [3.63, 3.8) is 0 Å². The number of rotatable bonds is 0. The molecule has 0 aliphatic carbocycles. The molecule has 0 bridgehead atoms. The van der Waals surface area contributed by atoms with Crippen molar-refractivity contribution in [2.75, 3.05) is 0 Å². The summed E-state index contributed by atoms with van der Waals surface area (Å²) >= 11 is 2.21. The summed E-state index contributed by atoms with van der Waals surface area (Å²) in [5.74, 6) is 0.313. The van der Waals surface area contributed by atoms with Crippen LogP contribution in [0.5, 0.6) is 5.75 Å². The van der Waals surface area contributed by atoms with Gasteiger partial charge >= 0.3 is 0 Å². The SMILES string of the molecule is Oc1ccc2[nH]c(I)cc2c1. The number of benzene rings is 1. The first-order valence-electron chi connectivity index (χ1n) is 3.23. The summed E-state index contributed by atoms with van der Waals surface area (Å²) in [7, 11) is 0. The Bertz CT molecular complexity index is 394. The van der Waals surface area contributed by atoms with Crippen molar-refractivity contribution in [2.45, 2.75) is 0 Å². The van der Waals surface area contributed by atoms with E-state index in [9.17, 15) is 0 Å². The topological polar surface area (TPSA) is 36.0 Å². The highest BCUT2D eigenvalue weighted by Crippen LogP contribution is 2.20. The fourth-order valence-corrected chi connectivity index (χ4v) is 1.71. The monoisotopic (exact) mass is 259 g/mol. The molecular formula is C8H6INO. The van der Waals surface area contributed by atoms with Crippen molar-refractivity contribution in [3.05, 3.63) is 28.0 Å². The van der Waals surface area contributed by atoms with Crippen LogP contribution in [0.15, 0.2) is 24.3 Å². The van der Waals surface area contributed by atoms with Crippen molar-refractivity contribution in [1.29, 1.82) is 0 Å². The number of hydrogen-bond donors (Lipinski definition) is 2. The largest absolute Gasteiger partial charge is 0.508 e. The minimum absolute atomic E-state index is 0.313.